The van der Waals surface area contributed by atoms with E-state index in [-0.39, 0.29) is 18.6 Å². The molecule has 1 aliphatic heterocycles. The van der Waals surface area contributed by atoms with Crippen molar-refractivity contribution in [2.75, 3.05) is 25.4 Å². The van der Waals surface area contributed by atoms with Crippen molar-refractivity contribution in [3.05, 3.63) is 23.8 Å². The zero-order valence-electron chi connectivity index (χ0n) is 13.0. The van der Waals surface area contributed by atoms with Gasteiger partial charge in [-0.3, -0.25) is 4.79 Å². The van der Waals surface area contributed by atoms with Crippen molar-refractivity contribution in [1.82, 2.24) is 4.90 Å². The number of nitrogen functional groups attached to an aromatic ring is 1. The van der Waals surface area contributed by atoms with Gasteiger partial charge in [-0.2, -0.15) is 0 Å². The van der Waals surface area contributed by atoms with Crippen LogP contribution in [0.3, 0.4) is 0 Å². The maximum absolute atomic E-state index is 12.0. The summed E-state index contributed by atoms with van der Waals surface area (Å²) in [6.07, 6.45) is 1.86. The third-order valence-corrected chi connectivity index (χ3v) is 3.40. The Bertz CT molecular complexity index is 551. The summed E-state index contributed by atoms with van der Waals surface area (Å²) in [6, 6.07) is 4.67. The molecule has 0 atom stereocenters. The van der Waals surface area contributed by atoms with Gasteiger partial charge in [-0.15, -0.1) is 0 Å². The monoisotopic (exact) mass is 306 g/mol. The number of hydrogen-bond acceptors (Lipinski definition) is 5. The molecule has 0 aliphatic carbocycles. The molecule has 0 bridgehead atoms. The van der Waals surface area contributed by atoms with Crippen molar-refractivity contribution < 1.29 is 19.1 Å². The maximum Gasteiger partial charge on any atom is 0.338 e. The molecule has 0 unspecified atom stereocenters. The van der Waals surface area contributed by atoms with Crippen molar-refractivity contribution >= 4 is 17.6 Å². The van der Waals surface area contributed by atoms with Crippen molar-refractivity contribution in [3.63, 3.8) is 0 Å². The second-order valence-electron chi connectivity index (χ2n) is 5.58. The number of ether oxygens (including phenoxy) is 2. The Morgan fingerprint density at radius 1 is 1.27 bits per heavy atom. The van der Waals surface area contributed by atoms with Crippen molar-refractivity contribution in [2.24, 2.45) is 0 Å². The van der Waals surface area contributed by atoms with Crippen molar-refractivity contribution in [2.45, 2.75) is 32.8 Å². The summed E-state index contributed by atoms with van der Waals surface area (Å²) < 4.78 is 10.6. The zero-order chi connectivity index (χ0) is 16.1. The molecule has 2 N–H and O–H groups in total. The molecule has 2 rings (SSSR count). The number of nitrogens with zero attached hydrogens (tertiary/aromatic N) is 1. The van der Waals surface area contributed by atoms with Crippen LogP contribution in [0.5, 0.6) is 5.75 Å². The lowest BCUT2D eigenvalue weighted by molar-refractivity contribution is -0.132. The summed E-state index contributed by atoms with van der Waals surface area (Å²) in [7, 11) is 0. The molecule has 6 heteroatoms. The van der Waals surface area contributed by atoms with Crippen molar-refractivity contribution in [3.8, 4) is 5.75 Å². The highest BCUT2D eigenvalue weighted by molar-refractivity contribution is 5.90. The SMILES string of the molecule is CC(C)OC(=O)c1ccc(N)c(OCC(=O)N2CCCC2)c1. The van der Waals surface area contributed by atoms with E-state index < -0.39 is 5.97 Å². The van der Waals surface area contributed by atoms with Gasteiger partial charge in [0.15, 0.2) is 6.61 Å². The molecule has 0 saturated carbocycles. The van der Waals surface area contributed by atoms with Crippen LogP contribution in [-0.4, -0.2) is 42.6 Å². The predicted octanol–water partition coefficient (Wildman–Crippen LogP) is 1.84. The number of likely N-dealkylation sites (tertiary alicyclic amines) is 1. The smallest absolute Gasteiger partial charge is 0.338 e. The molecule has 1 heterocycles. The van der Waals surface area contributed by atoms with Crippen LogP contribution >= 0.6 is 0 Å². The number of hydrogen-bond donors (Lipinski definition) is 1. The van der Waals surface area contributed by atoms with Crippen LogP contribution < -0.4 is 10.5 Å². The Labute approximate surface area is 130 Å². The fourth-order valence-corrected chi connectivity index (χ4v) is 2.27. The standard InChI is InChI=1S/C16H22N2O4/c1-11(2)22-16(20)12-5-6-13(17)14(9-12)21-10-15(19)18-7-3-4-8-18/h5-6,9,11H,3-4,7-8,10,17H2,1-2H3. The largest absolute Gasteiger partial charge is 0.482 e. The molecule has 22 heavy (non-hydrogen) atoms. The van der Waals surface area contributed by atoms with E-state index in [2.05, 4.69) is 0 Å². The predicted molar refractivity (Wildman–Crippen MR) is 82.7 cm³/mol. The Morgan fingerprint density at radius 2 is 1.95 bits per heavy atom. The minimum atomic E-state index is -0.439. The van der Waals surface area contributed by atoms with Gasteiger partial charge in [0.25, 0.3) is 5.91 Å². The molecule has 1 saturated heterocycles. The number of esters is 1. The van der Waals surface area contributed by atoms with E-state index in [1.165, 1.54) is 6.07 Å². The third-order valence-electron chi connectivity index (χ3n) is 3.40. The minimum Gasteiger partial charge on any atom is -0.482 e. The second-order valence-corrected chi connectivity index (χ2v) is 5.58. The number of carbonyl (C=O) groups is 2. The molecular formula is C16H22N2O4. The Morgan fingerprint density at radius 3 is 2.59 bits per heavy atom. The second kappa shape index (κ2) is 7.15. The highest BCUT2D eigenvalue weighted by atomic mass is 16.5. The van der Waals surface area contributed by atoms with E-state index >= 15 is 0 Å². The third kappa shape index (κ3) is 4.13. The maximum atomic E-state index is 12.0. The van der Waals surface area contributed by atoms with E-state index in [9.17, 15) is 9.59 Å². The summed E-state index contributed by atoms with van der Waals surface area (Å²) >= 11 is 0. The van der Waals surface area contributed by atoms with Gasteiger partial charge >= 0.3 is 5.97 Å². The Kier molecular flexibility index (Phi) is 5.25. The highest BCUT2D eigenvalue weighted by Crippen LogP contribution is 2.23. The van der Waals surface area contributed by atoms with Crippen LogP contribution in [0.2, 0.25) is 0 Å². The lowest BCUT2D eigenvalue weighted by Crippen LogP contribution is -2.32. The van der Waals surface area contributed by atoms with Gasteiger partial charge in [-0.05, 0) is 44.9 Å². The van der Waals surface area contributed by atoms with Crippen LogP contribution in [0.1, 0.15) is 37.0 Å². The van der Waals surface area contributed by atoms with Gasteiger partial charge in [0.1, 0.15) is 5.75 Å². The van der Waals surface area contributed by atoms with Crippen molar-refractivity contribution in [1.29, 1.82) is 0 Å². The van der Waals surface area contributed by atoms with Crippen LogP contribution in [0, 0.1) is 0 Å². The normalized spacial score (nSPS) is 14.2. The zero-order valence-corrected chi connectivity index (χ0v) is 13.0. The molecule has 1 amide bonds. The summed E-state index contributed by atoms with van der Waals surface area (Å²) in [6.45, 7) is 5.03. The lowest BCUT2D eigenvalue weighted by atomic mass is 10.2. The van der Waals surface area contributed by atoms with Gasteiger partial charge in [-0.25, -0.2) is 4.79 Å². The van der Waals surface area contributed by atoms with Crippen LogP contribution in [-0.2, 0) is 9.53 Å². The van der Waals surface area contributed by atoms with Gasteiger partial charge < -0.3 is 20.1 Å². The summed E-state index contributed by atoms with van der Waals surface area (Å²) in [5.41, 5.74) is 6.57. The van der Waals surface area contributed by atoms with E-state index in [0.717, 1.165) is 25.9 Å². The van der Waals surface area contributed by atoms with Crippen LogP contribution in [0.15, 0.2) is 18.2 Å². The highest BCUT2D eigenvalue weighted by Gasteiger charge is 2.19. The van der Waals surface area contributed by atoms with E-state index in [0.29, 0.717) is 17.0 Å². The quantitative estimate of drug-likeness (QED) is 0.663. The summed E-state index contributed by atoms with van der Waals surface area (Å²) in [5.74, 6) is -0.177. The molecule has 120 valence electrons. The molecule has 6 nitrogen and oxygen atoms in total. The first-order valence-electron chi connectivity index (χ1n) is 7.48. The first-order chi connectivity index (χ1) is 10.5. The van der Waals surface area contributed by atoms with E-state index in [1.807, 2.05) is 0 Å². The molecule has 0 aromatic heterocycles. The van der Waals surface area contributed by atoms with Gasteiger partial charge in [0.2, 0.25) is 0 Å². The lowest BCUT2D eigenvalue weighted by Gasteiger charge is -2.16. The summed E-state index contributed by atoms with van der Waals surface area (Å²) in [5, 5.41) is 0. The fraction of sp³-hybridized carbons (Fsp3) is 0.500. The average molecular weight is 306 g/mol. The van der Waals surface area contributed by atoms with E-state index in [4.69, 9.17) is 15.2 Å². The fourth-order valence-electron chi connectivity index (χ4n) is 2.27. The van der Waals surface area contributed by atoms with Crippen LogP contribution in [0.4, 0.5) is 5.69 Å². The molecule has 0 radical (unpaired) electrons. The van der Waals surface area contributed by atoms with Crippen LogP contribution in [0.25, 0.3) is 0 Å². The molecule has 1 aliphatic rings. The van der Waals surface area contributed by atoms with E-state index in [1.54, 1.807) is 30.9 Å². The molecule has 1 aromatic carbocycles. The van der Waals surface area contributed by atoms with Gasteiger partial charge in [-0.1, -0.05) is 0 Å². The minimum absolute atomic E-state index is 0.0629. The molecule has 1 aromatic rings. The molecule has 1 fully saturated rings. The Hall–Kier alpha value is -2.24. The number of anilines is 1. The number of benzene rings is 1. The van der Waals surface area contributed by atoms with Gasteiger partial charge in [0, 0.05) is 13.1 Å². The first kappa shape index (κ1) is 16.1. The number of nitrogens with two attached hydrogens (primary N) is 1. The summed E-state index contributed by atoms with van der Waals surface area (Å²) in [4.78, 5) is 25.6. The number of amides is 1. The molecule has 0 spiro atoms. The first-order valence-corrected chi connectivity index (χ1v) is 7.48. The topological polar surface area (TPSA) is 81.9 Å². The average Bonchev–Trinajstić information content (AvgIpc) is 2.99. The number of carbonyl (C=O) groups excluding carboxylic acids is 2. The van der Waals surface area contributed by atoms with Gasteiger partial charge in [0.05, 0.1) is 17.4 Å². The Balaban J connectivity index is 2.00. The number of rotatable bonds is 5. The molecular weight excluding hydrogens is 284 g/mol.